The van der Waals surface area contributed by atoms with Gasteiger partial charge in [0.15, 0.2) is 11.4 Å². The van der Waals surface area contributed by atoms with Crippen molar-refractivity contribution in [1.82, 2.24) is 9.13 Å². The standard InChI is InChI=1S/C60H53B2ClN4/c1-41-37-43(3)53(44(4)38-41)64-55(47-25-13-7-14-26-47)57(49-29-17-9-18-30-49)66-59(64)61(63)60-65(54-45(5)39-42(2)40-46(54)6)56(48-27-15-8-16-28-48)58(50-31-19-10-20-32-50)67(60)62(66,51-33-21-11-22-34-51)52-35-23-12-24-36-52/h7-40,61H,1-6H3. The first-order valence-corrected chi connectivity index (χ1v) is 24.1. The van der Waals surface area contributed by atoms with Gasteiger partial charge in [0.1, 0.15) is 22.8 Å². The quantitative estimate of drug-likeness (QED) is 0.135. The molecule has 0 atom stereocenters. The van der Waals surface area contributed by atoms with E-state index in [-0.39, 0.29) is 0 Å². The number of imidazole rings is 2. The van der Waals surface area contributed by atoms with Gasteiger partial charge in [0, 0.05) is 22.3 Å². The summed E-state index contributed by atoms with van der Waals surface area (Å²) in [6.45, 7) is 13.5. The van der Waals surface area contributed by atoms with Gasteiger partial charge in [-0.2, -0.15) is 0 Å². The van der Waals surface area contributed by atoms with Gasteiger partial charge in [-0.15, -0.1) is 10.9 Å². The van der Waals surface area contributed by atoms with Gasteiger partial charge in [-0.05, 0) is 63.8 Å². The smallest absolute Gasteiger partial charge is 0.411 e. The van der Waals surface area contributed by atoms with Crippen LogP contribution in [-0.2, 0) is 0 Å². The predicted molar refractivity (Wildman–Crippen MR) is 283 cm³/mol. The first-order valence-electron chi connectivity index (χ1n) is 23.6. The minimum Gasteiger partial charge on any atom is -0.411 e. The Morgan fingerprint density at radius 3 is 0.940 bits per heavy atom. The number of hydrogen-bond donors (Lipinski definition) is 0. The lowest BCUT2D eigenvalue weighted by Crippen LogP contribution is -3.03. The van der Waals surface area contributed by atoms with Crippen molar-refractivity contribution >= 4 is 46.4 Å². The molecule has 0 fully saturated rings. The van der Waals surface area contributed by atoms with E-state index < -0.39 is 12.5 Å². The zero-order valence-corrected chi connectivity index (χ0v) is 39.8. The Hall–Kier alpha value is -7.40. The van der Waals surface area contributed by atoms with Crippen LogP contribution in [0, 0.1) is 41.5 Å². The minimum atomic E-state index is -2.25. The molecule has 326 valence electrons. The zero-order chi connectivity index (χ0) is 46.0. The van der Waals surface area contributed by atoms with E-state index in [1.54, 1.807) is 0 Å². The maximum absolute atomic E-state index is 8.89. The highest BCUT2D eigenvalue weighted by atomic mass is 35.5. The van der Waals surface area contributed by atoms with Crippen LogP contribution in [0.25, 0.3) is 56.4 Å². The molecule has 11 rings (SSSR count). The molecule has 67 heavy (non-hydrogen) atoms. The number of aryl methyl sites for hydroxylation is 6. The summed E-state index contributed by atoms with van der Waals surface area (Å²) in [4.78, 5) is 0. The molecule has 0 unspecified atom stereocenters. The second-order valence-corrected chi connectivity index (χ2v) is 19.2. The van der Waals surface area contributed by atoms with Gasteiger partial charge < -0.3 is 20.4 Å². The Morgan fingerprint density at radius 1 is 0.373 bits per heavy atom. The molecular weight excluding hydrogens is 834 g/mol. The van der Waals surface area contributed by atoms with E-state index in [1.165, 1.54) is 44.3 Å². The molecule has 0 amide bonds. The first kappa shape index (κ1) is 42.2. The summed E-state index contributed by atoms with van der Waals surface area (Å²) in [5.74, 6) is 0. The van der Waals surface area contributed by atoms with Gasteiger partial charge >= 0.3 is 6.42 Å². The SMILES string of the molecule is Cc1cc(C)c(-n2c(-c3ccccc3)c(-c3ccccc3)[n+]3c2[BH-](Cl)c2n(-c4c(C)cc(C)cc4C)c(-c4ccccc4)c(-c4ccccc4)[n+]2[B-]3(c2ccccc2)c2ccccc2)c(C)c1. The van der Waals surface area contributed by atoms with Crippen molar-refractivity contribution in [1.29, 1.82) is 0 Å². The summed E-state index contributed by atoms with van der Waals surface area (Å²) in [7, 11) is 0. The Bertz CT molecular complexity index is 3180. The molecule has 4 nitrogen and oxygen atoms in total. The lowest BCUT2D eigenvalue weighted by atomic mass is 9.34. The van der Waals surface area contributed by atoms with Gasteiger partial charge in [-0.1, -0.05) is 217 Å². The lowest BCUT2D eigenvalue weighted by molar-refractivity contribution is -0.654. The molecule has 0 saturated carbocycles. The lowest BCUT2D eigenvalue weighted by Gasteiger charge is -2.45. The van der Waals surface area contributed by atoms with Crippen molar-refractivity contribution in [3.05, 3.63) is 240 Å². The molecule has 0 N–H and O–H groups in total. The number of hydrogen-bond acceptors (Lipinski definition) is 0. The predicted octanol–water partition coefficient (Wildman–Crippen LogP) is 10.4. The number of halogens is 1. The molecule has 1 aliphatic heterocycles. The molecule has 0 bridgehead atoms. The minimum absolute atomic E-state index is 1.07. The van der Waals surface area contributed by atoms with Gasteiger partial charge in [0.2, 0.25) is 0 Å². The number of benzene rings is 8. The van der Waals surface area contributed by atoms with Crippen LogP contribution in [0.15, 0.2) is 206 Å². The van der Waals surface area contributed by atoms with Crippen molar-refractivity contribution in [3.8, 4) is 56.4 Å². The van der Waals surface area contributed by atoms with E-state index in [0.29, 0.717) is 0 Å². The number of rotatable bonds is 8. The van der Waals surface area contributed by atoms with E-state index >= 15 is 0 Å². The fourth-order valence-corrected chi connectivity index (χ4v) is 12.5. The summed E-state index contributed by atoms with van der Waals surface area (Å²) in [5, 5.41) is 0. The van der Waals surface area contributed by atoms with Crippen molar-refractivity contribution in [3.63, 3.8) is 0 Å². The van der Waals surface area contributed by atoms with E-state index in [1.807, 2.05) is 0 Å². The normalized spacial score (nSPS) is 13.1. The van der Waals surface area contributed by atoms with Crippen LogP contribution in [0.5, 0.6) is 0 Å². The average molecular weight is 887 g/mol. The van der Waals surface area contributed by atoms with Crippen LogP contribution in [0.3, 0.4) is 0 Å². The van der Waals surface area contributed by atoms with Gasteiger partial charge in [-0.3, -0.25) is 0 Å². The molecule has 2 aromatic heterocycles. The van der Waals surface area contributed by atoms with Gasteiger partial charge in [-0.25, -0.2) is 9.13 Å². The molecule has 10 aromatic rings. The highest BCUT2D eigenvalue weighted by Crippen LogP contribution is 2.39. The van der Waals surface area contributed by atoms with Crippen LogP contribution < -0.4 is 31.3 Å². The molecule has 7 heteroatoms. The molecule has 1 aliphatic rings. The van der Waals surface area contributed by atoms with Crippen molar-refractivity contribution in [2.24, 2.45) is 0 Å². The maximum Gasteiger partial charge on any atom is 0.433 e. The third-order valence-corrected chi connectivity index (χ3v) is 14.7. The number of aromatic nitrogens is 4. The first-order chi connectivity index (χ1) is 32.7. The average Bonchev–Trinajstić information content (AvgIpc) is 3.88. The Kier molecular flexibility index (Phi) is 10.6. The molecule has 0 aliphatic carbocycles. The highest BCUT2D eigenvalue weighted by molar-refractivity contribution is 7.20. The summed E-state index contributed by atoms with van der Waals surface area (Å²) in [6, 6.07) is 75.8. The summed E-state index contributed by atoms with van der Waals surface area (Å²) < 4.78 is 10.6. The highest BCUT2D eigenvalue weighted by Gasteiger charge is 2.57. The fraction of sp³-hybridized carbons (Fsp3) is 0.100. The largest absolute Gasteiger partial charge is 0.433 e. The van der Waals surface area contributed by atoms with Gasteiger partial charge in [0.25, 0.3) is 6.13 Å². The summed E-state index contributed by atoms with van der Waals surface area (Å²) in [5.41, 5.74) is 23.0. The zero-order valence-electron chi connectivity index (χ0n) is 39.1. The van der Waals surface area contributed by atoms with Crippen molar-refractivity contribution < 1.29 is 8.96 Å². The van der Waals surface area contributed by atoms with Crippen LogP contribution in [0.1, 0.15) is 33.4 Å². The molecule has 3 heterocycles. The third-order valence-electron chi connectivity index (χ3n) is 14.2. The van der Waals surface area contributed by atoms with Crippen LogP contribution in [0.2, 0.25) is 0 Å². The second kappa shape index (κ2) is 16.8. The molecule has 8 aromatic carbocycles. The monoisotopic (exact) mass is 886 g/mol. The molecule has 0 spiro atoms. The molecular formula is C60H53B2ClN4. The Labute approximate surface area is 400 Å². The summed E-state index contributed by atoms with van der Waals surface area (Å²) >= 11 is 8.89. The Morgan fingerprint density at radius 2 is 0.642 bits per heavy atom. The van der Waals surface area contributed by atoms with E-state index in [4.69, 9.17) is 11.5 Å². The fourth-order valence-electron chi connectivity index (χ4n) is 12.0. The Balaban J connectivity index is 1.50. The second-order valence-electron chi connectivity index (χ2n) is 18.6. The molecule has 0 saturated heterocycles. The maximum atomic E-state index is 8.89. The van der Waals surface area contributed by atoms with E-state index in [0.717, 1.165) is 67.9 Å². The van der Waals surface area contributed by atoms with Crippen LogP contribution >= 0.6 is 11.5 Å². The van der Waals surface area contributed by atoms with Crippen molar-refractivity contribution in [2.75, 3.05) is 0 Å². The van der Waals surface area contributed by atoms with Gasteiger partial charge in [0.05, 0.1) is 11.4 Å². The van der Waals surface area contributed by atoms with E-state index in [2.05, 4.69) is 266 Å². The van der Waals surface area contributed by atoms with Crippen LogP contribution in [-0.4, -0.2) is 21.7 Å². The summed E-state index contributed by atoms with van der Waals surface area (Å²) in [6.07, 6.45) is -4.27. The van der Waals surface area contributed by atoms with E-state index in [9.17, 15) is 0 Å². The molecule has 0 radical (unpaired) electrons. The third kappa shape index (κ3) is 6.60. The topological polar surface area (TPSA) is 17.6 Å². The number of nitrogens with zero attached hydrogens (tertiary/aromatic N) is 4. The number of fused-ring (bicyclic) bond motifs is 2. The van der Waals surface area contributed by atoms with Crippen LogP contribution in [0.4, 0.5) is 0 Å². The van der Waals surface area contributed by atoms with Crippen molar-refractivity contribution in [2.45, 2.75) is 41.5 Å².